The van der Waals surface area contributed by atoms with Crippen LogP contribution in [0.5, 0.6) is 0 Å². The second-order valence-corrected chi connectivity index (χ2v) is 4.95. The molecular weight excluding hydrogens is 240 g/mol. The average Bonchev–Trinajstić information content (AvgIpc) is 2.38. The molecule has 0 spiro atoms. The van der Waals surface area contributed by atoms with Crippen LogP contribution in [0, 0.1) is 17.8 Å². The first-order valence-electron chi connectivity index (χ1n) is 6.55. The molecule has 2 N–H and O–H groups in total. The maximum atomic E-state index is 11.9. The van der Waals surface area contributed by atoms with E-state index in [4.69, 9.17) is 5.11 Å². The highest BCUT2D eigenvalue weighted by Crippen LogP contribution is 2.26. The summed E-state index contributed by atoms with van der Waals surface area (Å²) in [5, 5.41) is 11.6. The van der Waals surface area contributed by atoms with Gasteiger partial charge in [0.1, 0.15) is 5.69 Å². The molecule has 0 unspecified atom stereocenters. The number of hydrogen-bond acceptors (Lipinski definition) is 3. The highest BCUT2D eigenvalue weighted by molar-refractivity contribution is 5.92. The van der Waals surface area contributed by atoms with Crippen LogP contribution in [0.4, 0.5) is 0 Å². The first-order valence-corrected chi connectivity index (χ1v) is 6.55. The zero-order chi connectivity index (χ0) is 13.7. The molecule has 1 aliphatic rings. The molecule has 0 radical (unpaired) electrons. The molecule has 1 saturated carbocycles. The van der Waals surface area contributed by atoms with Gasteiger partial charge in [0.05, 0.1) is 6.61 Å². The van der Waals surface area contributed by atoms with Crippen molar-refractivity contribution in [2.45, 2.75) is 32.2 Å². The fraction of sp³-hybridized carbons (Fsp3) is 0.467. The highest BCUT2D eigenvalue weighted by Gasteiger charge is 2.27. The Labute approximate surface area is 113 Å². The molecule has 19 heavy (non-hydrogen) atoms. The second-order valence-electron chi connectivity index (χ2n) is 4.95. The van der Waals surface area contributed by atoms with Crippen LogP contribution < -0.4 is 5.32 Å². The van der Waals surface area contributed by atoms with Crippen LogP contribution in [0.25, 0.3) is 0 Å². The number of amides is 1. The van der Waals surface area contributed by atoms with Gasteiger partial charge in [-0.1, -0.05) is 18.8 Å². The number of aromatic nitrogens is 1. The third-order valence-corrected chi connectivity index (χ3v) is 3.17. The topological polar surface area (TPSA) is 62.2 Å². The Kier molecular flexibility index (Phi) is 4.53. The van der Waals surface area contributed by atoms with E-state index in [1.807, 2.05) is 0 Å². The fourth-order valence-electron chi connectivity index (χ4n) is 2.10. The molecule has 1 aromatic heterocycles. The van der Waals surface area contributed by atoms with Gasteiger partial charge >= 0.3 is 0 Å². The van der Waals surface area contributed by atoms with Crippen molar-refractivity contribution in [3.8, 4) is 11.8 Å². The van der Waals surface area contributed by atoms with Crippen LogP contribution in [-0.4, -0.2) is 28.6 Å². The van der Waals surface area contributed by atoms with E-state index < -0.39 is 0 Å². The minimum Gasteiger partial charge on any atom is -0.395 e. The zero-order valence-corrected chi connectivity index (χ0v) is 11.0. The van der Waals surface area contributed by atoms with Gasteiger partial charge in [-0.05, 0) is 30.9 Å². The van der Waals surface area contributed by atoms with E-state index in [-0.39, 0.29) is 12.5 Å². The van der Waals surface area contributed by atoms with Crippen molar-refractivity contribution in [2.75, 3.05) is 6.61 Å². The van der Waals surface area contributed by atoms with Crippen molar-refractivity contribution in [2.24, 2.45) is 5.92 Å². The number of aliphatic hydroxyl groups is 1. The largest absolute Gasteiger partial charge is 0.395 e. The Morgan fingerprint density at radius 1 is 1.53 bits per heavy atom. The predicted octanol–water partition coefficient (Wildman–Crippen LogP) is 1.34. The number of nitrogens with one attached hydrogen (secondary N) is 1. The monoisotopic (exact) mass is 258 g/mol. The maximum Gasteiger partial charge on any atom is 0.270 e. The Morgan fingerprint density at radius 3 is 2.89 bits per heavy atom. The summed E-state index contributed by atoms with van der Waals surface area (Å²) in [5.74, 6) is 6.28. The summed E-state index contributed by atoms with van der Waals surface area (Å²) in [4.78, 5) is 16.0. The Balaban J connectivity index is 1.91. The van der Waals surface area contributed by atoms with Gasteiger partial charge in [0, 0.05) is 24.2 Å². The second kappa shape index (κ2) is 6.35. The lowest BCUT2D eigenvalue weighted by atomic mass is 9.82. The minimum absolute atomic E-state index is 0.0563. The SMILES string of the molecule is CC1CC(NC(=O)c2ccc(C#CCCO)cn2)C1. The fourth-order valence-corrected chi connectivity index (χ4v) is 2.10. The summed E-state index contributed by atoms with van der Waals surface area (Å²) in [5.41, 5.74) is 1.18. The molecule has 100 valence electrons. The zero-order valence-electron chi connectivity index (χ0n) is 11.0. The van der Waals surface area contributed by atoms with Crippen molar-refractivity contribution in [1.82, 2.24) is 10.3 Å². The van der Waals surface area contributed by atoms with Crippen molar-refractivity contribution in [3.63, 3.8) is 0 Å². The van der Waals surface area contributed by atoms with Gasteiger partial charge in [-0.15, -0.1) is 0 Å². The minimum atomic E-state index is -0.119. The molecule has 0 aromatic carbocycles. The van der Waals surface area contributed by atoms with Crippen LogP contribution in [0.2, 0.25) is 0 Å². The van der Waals surface area contributed by atoms with Gasteiger partial charge in [-0.25, -0.2) is 4.98 Å². The summed E-state index contributed by atoms with van der Waals surface area (Å²) in [6.45, 7) is 2.24. The normalized spacial score (nSPS) is 20.9. The number of nitrogens with zero attached hydrogens (tertiary/aromatic N) is 1. The van der Waals surface area contributed by atoms with E-state index >= 15 is 0 Å². The number of carbonyl (C=O) groups is 1. The average molecular weight is 258 g/mol. The van der Waals surface area contributed by atoms with Gasteiger partial charge in [0.25, 0.3) is 5.91 Å². The third kappa shape index (κ3) is 3.80. The summed E-state index contributed by atoms with van der Waals surface area (Å²) < 4.78 is 0. The number of carbonyl (C=O) groups excluding carboxylic acids is 1. The van der Waals surface area contributed by atoms with Gasteiger partial charge < -0.3 is 10.4 Å². The Hall–Kier alpha value is -1.86. The molecule has 0 saturated heterocycles. The standard InChI is InChI=1S/C15H18N2O2/c1-11-8-13(9-11)17-15(19)14-6-5-12(10-16-14)4-2-3-7-18/h5-6,10-11,13,18H,3,7-9H2,1H3,(H,17,19). The van der Waals surface area contributed by atoms with Crippen LogP contribution in [0.15, 0.2) is 18.3 Å². The summed E-state index contributed by atoms with van der Waals surface area (Å²) >= 11 is 0. The number of rotatable bonds is 3. The van der Waals surface area contributed by atoms with Gasteiger partial charge in [-0.3, -0.25) is 4.79 Å². The van der Waals surface area contributed by atoms with Gasteiger partial charge in [0.2, 0.25) is 0 Å². The molecule has 1 heterocycles. The summed E-state index contributed by atoms with van der Waals surface area (Å²) in [6.07, 6.45) is 4.14. The molecule has 2 rings (SSSR count). The highest BCUT2D eigenvalue weighted by atomic mass is 16.2. The molecule has 0 bridgehead atoms. The van der Waals surface area contributed by atoms with E-state index in [1.54, 1.807) is 18.3 Å². The summed E-state index contributed by atoms with van der Waals surface area (Å²) in [7, 11) is 0. The van der Waals surface area contributed by atoms with Crippen LogP contribution in [0.1, 0.15) is 42.2 Å². The lowest BCUT2D eigenvalue weighted by Crippen LogP contribution is -2.43. The Bertz CT molecular complexity index is 493. The van der Waals surface area contributed by atoms with Crippen molar-refractivity contribution in [1.29, 1.82) is 0 Å². The number of aliphatic hydroxyl groups excluding tert-OH is 1. The third-order valence-electron chi connectivity index (χ3n) is 3.17. The summed E-state index contributed by atoms with van der Waals surface area (Å²) in [6, 6.07) is 3.75. The van der Waals surface area contributed by atoms with Crippen molar-refractivity contribution in [3.05, 3.63) is 29.6 Å². The lowest BCUT2D eigenvalue weighted by molar-refractivity contribution is 0.0891. The molecule has 1 amide bonds. The first-order chi connectivity index (χ1) is 9.19. The molecule has 0 aliphatic heterocycles. The molecular formula is C15H18N2O2. The predicted molar refractivity (Wildman–Crippen MR) is 72.5 cm³/mol. The molecule has 1 fully saturated rings. The Morgan fingerprint density at radius 2 is 2.32 bits per heavy atom. The molecule has 1 aliphatic carbocycles. The van der Waals surface area contributed by atoms with Crippen molar-refractivity contribution < 1.29 is 9.90 Å². The quantitative estimate of drug-likeness (QED) is 0.804. The maximum absolute atomic E-state index is 11.9. The molecule has 0 atom stereocenters. The van der Waals surface area contributed by atoms with E-state index in [1.165, 1.54) is 0 Å². The van der Waals surface area contributed by atoms with Crippen molar-refractivity contribution >= 4 is 5.91 Å². The smallest absolute Gasteiger partial charge is 0.270 e. The van der Waals surface area contributed by atoms with E-state index in [9.17, 15) is 4.79 Å². The number of pyridine rings is 1. The van der Waals surface area contributed by atoms with E-state index in [0.29, 0.717) is 24.1 Å². The first kappa shape index (κ1) is 13.6. The van der Waals surface area contributed by atoms with Gasteiger partial charge in [0.15, 0.2) is 0 Å². The van der Waals surface area contributed by atoms with Crippen LogP contribution in [0.3, 0.4) is 0 Å². The lowest BCUT2D eigenvalue weighted by Gasteiger charge is -2.33. The van der Waals surface area contributed by atoms with E-state index in [2.05, 4.69) is 29.1 Å². The molecule has 1 aromatic rings. The number of hydrogen-bond donors (Lipinski definition) is 2. The van der Waals surface area contributed by atoms with Gasteiger partial charge in [-0.2, -0.15) is 0 Å². The van der Waals surface area contributed by atoms with E-state index in [0.717, 1.165) is 18.4 Å². The van der Waals surface area contributed by atoms with Crippen LogP contribution >= 0.6 is 0 Å². The molecule has 4 heteroatoms. The van der Waals surface area contributed by atoms with Crippen LogP contribution in [-0.2, 0) is 0 Å². The molecule has 4 nitrogen and oxygen atoms in total.